The van der Waals surface area contributed by atoms with Crippen LogP contribution >= 0.6 is 11.3 Å². The molecule has 0 unspecified atom stereocenters. The van der Waals surface area contributed by atoms with Crippen LogP contribution in [0.1, 0.15) is 15.9 Å². The Labute approximate surface area is 125 Å². The fraction of sp³-hybridized carbons (Fsp3) is 0.154. The van der Waals surface area contributed by atoms with E-state index < -0.39 is 5.97 Å². The Balaban J connectivity index is 2.16. The zero-order valence-corrected chi connectivity index (χ0v) is 12.3. The summed E-state index contributed by atoms with van der Waals surface area (Å²) in [6.45, 7) is 0. The minimum Gasteiger partial charge on any atom is -0.497 e. The molecule has 0 aliphatic rings. The van der Waals surface area contributed by atoms with Crippen LogP contribution in [0.4, 0.5) is 10.9 Å². The number of hydrogen-bond donors (Lipinski definition) is 2. The number of anilines is 2. The summed E-state index contributed by atoms with van der Waals surface area (Å²) in [4.78, 5) is 15.6. The molecule has 110 valence electrons. The Morgan fingerprint density at radius 2 is 2.24 bits per heavy atom. The number of nitrogens with two attached hydrogens (primary N) is 1. The van der Waals surface area contributed by atoms with E-state index in [1.54, 1.807) is 29.8 Å². The number of hydrazone groups is 1. The van der Waals surface area contributed by atoms with Gasteiger partial charge in [0.1, 0.15) is 11.6 Å². The second-order valence-corrected chi connectivity index (χ2v) is 4.79. The van der Waals surface area contributed by atoms with Gasteiger partial charge in [-0.2, -0.15) is 5.10 Å². The first-order valence-corrected chi connectivity index (χ1v) is 6.78. The molecule has 0 radical (unpaired) electrons. The summed E-state index contributed by atoms with van der Waals surface area (Å²) in [7, 11) is 2.85. The highest BCUT2D eigenvalue weighted by Gasteiger charge is 2.08. The quantitative estimate of drug-likeness (QED) is 0.498. The second kappa shape index (κ2) is 6.71. The highest BCUT2D eigenvalue weighted by Crippen LogP contribution is 2.18. The van der Waals surface area contributed by atoms with Crippen molar-refractivity contribution in [2.45, 2.75) is 0 Å². The number of nitrogen functional groups attached to an aromatic ring is 1. The lowest BCUT2D eigenvalue weighted by molar-refractivity contribution is 0.0600. The minimum atomic E-state index is -0.441. The van der Waals surface area contributed by atoms with Crippen molar-refractivity contribution < 1.29 is 14.3 Å². The van der Waals surface area contributed by atoms with Crippen molar-refractivity contribution in [3.63, 3.8) is 0 Å². The molecule has 0 saturated heterocycles. The average Bonchev–Trinajstić information content (AvgIpc) is 2.91. The van der Waals surface area contributed by atoms with Gasteiger partial charge in [-0.1, -0.05) is 0 Å². The summed E-state index contributed by atoms with van der Waals surface area (Å²) in [5, 5.41) is 6.33. The van der Waals surface area contributed by atoms with E-state index in [9.17, 15) is 4.79 Å². The molecule has 21 heavy (non-hydrogen) atoms. The third-order valence-electron chi connectivity index (χ3n) is 2.48. The Bertz CT molecular complexity index is 669. The molecule has 0 aliphatic heterocycles. The summed E-state index contributed by atoms with van der Waals surface area (Å²) in [6.07, 6.45) is 1.55. The molecule has 2 rings (SSSR count). The van der Waals surface area contributed by atoms with Gasteiger partial charge in [-0.05, 0) is 23.8 Å². The van der Waals surface area contributed by atoms with Gasteiger partial charge < -0.3 is 15.2 Å². The van der Waals surface area contributed by atoms with Crippen LogP contribution in [0.15, 0.2) is 28.7 Å². The van der Waals surface area contributed by atoms with Gasteiger partial charge in [0.25, 0.3) is 0 Å². The first-order valence-electron chi connectivity index (χ1n) is 5.90. The van der Waals surface area contributed by atoms with Crippen LogP contribution in [0.3, 0.4) is 0 Å². The zero-order valence-electron chi connectivity index (χ0n) is 11.5. The number of aromatic nitrogens is 1. The van der Waals surface area contributed by atoms with Gasteiger partial charge in [-0.25, -0.2) is 9.78 Å². The number of carbonyl (C=O) groups excluding carboxylic acids is 1. The van der Waals surface area contributed by atoms with E-state index >= 15 is 0 Å². The molecular weight excluding hydrogens is 292 g/mol. The zero-order chi connectivity index (χ0) is 15.2. The van der Waals surface area contributed by atoms with E-state index in [0.717, 1.165) is 0 Å². The normalized spacial score (nSPS) is 10.6. The number of methoxy groups -OCH3 is 2. The van der Waals surface area contributed by atoms with Crippen LogP contribution < -0.4 is 15.9 Å². The first kappa shape index (κ1) is 14.8. The van der Waals surface area contributed by atoms with Crippen LogP contribution in [0, 0.1) is 0 Å². The van der Waals surface area contributed by atoms with Crippen LogP contribution in [0.25, 0.3) is 0 Å². The number of rotatable bonds is 5. The Morgan fingerprint density at radius 1 is 1.43 bits per heavy atom. The molecule has 0 amide bonds. The lowest BCUT2D eigenvalue weighted by atomic mass is 10.1. The topological polar surface area (TPSA) is 98.8 Å². The number of esters is 1. The predicted molar refractivity (Wildman–Crippen MR) is 82.1 cm³/mol. The first-order chi connectivity index (χ1) is 10.1. The summed E-state index contributed by atoms with van der Waals surface area (Å²) in [5.74, 6) is 0.536. The molecule has 1 aromatic heterocycles. The standard InChI is InChI=1S/C13H14N4O3S/c1-19-10-4-8(3-9(5-10)12(18)20-2)6-15-17-13-16-11(14)7-21-13/h3-7H,14H2,1-2H3,(H,16,17). The van der Waals surface area contributed by atoms with E-state index in [2.05, 4.69) is 15.5 Å². The van der Waals surface area contributed by atoms with Gasteiger partial charge in [0.05, 0.1) is 26.0 Å². The maximum Gasteiger partial charge on any atom is 0.338 e. The molecule has 0 fully saturated rings. The fourth-order valence-electron chi connectivity index (χ4n) is 1.55. The maximum absolute atomic E-state index is 11.6. The molecule has 0 saturated carbocycles. The minimum absolute atomic E-state index is 0.386. The summed E-state index contributed by atoms with van der Waals surface area (Å²) in [5.41, 5.74) is 9.33. The van der Waals surface area contributed by atoms with Crippen molar-refractivity contribution in [2.75, 3.05) is 25.4 Å². The van der Waals surface area contributed by atoms with Crippen LogP contribution in [-0.2, 0) is 4.74 Å². The van der Waals surface area contributed by atoms with Crippen molar-refractivity contribution in [2.24, 2.45) is 5.10 Å². The second-order valence-electron chi connectivity index (χ2n) is 3.93. The van der Waals surface area contributed by atoms with Gasteiger partial charge >= 0.3 is 5.97 Å². The van der Waals surface area contributed by atoms with Crippen molar-refractivity contribution in [3.8, 4) is 5.75 Å². The molecule has 0 bridgehead atoms. The number of nitrogens with one attached hydrogen (secondary N) is 1. The molecule has 7 nitrogen and oxygen atoms in total. The van der Waals surface area contributed by atoms with Crippen molar-refractivity contribution in [3.05, 3.63) is 34.7 Å². The third-order valence-corrected chi connectivity index (χ3v) is 3.25. The predicted octanol–water partition coefficient (Wildman–Crippen LogP) is 1.97. The van der Waals surface area contributed by atoms with Crippen molar-refractivity contribution >= 4 is 34.5 Å². The molecule has 1 heterocycles. The molecule has 2 aromatic rings. The highest BCUT2D eigenvalue weighted by molar-refractivity contribution is 7.14. The van der Waals surface area contributed by atoms with Crippen molar-refractivity contribution in [1.82, 2.24) is 4.98 Å². The SMILES string of the molecule is COC(=O)c1cc(C=NNc2nc(N)cs2)cc(OC)c1. The lowest BCUT2D eigenvalue weighted by Crippen LogP contribution is -2.03. The number of thiazole rings is 1. The lowest BCUT2D eigenvalue weighted by Gasteiger charge is -2.05. The van der Waals surface area contributed by atoms with E-state index in [4.69, 9.17) is 15.2 Å². The Morgan fingerprint density at radius 3 is 2.86 bits per heavy atom. The van der Waals surface area contributed by atoms with Gasteiger partial charge in [-0.15, -0.1) is 11.3 Å². The molecule has 0 aliphatic carbocycles. The molecule has 0 spiro atoms. The average molecular weight is 306 g/mol. The molecule has 8 heteroatoms. The Kier molecular flexibility index (Phi) is 4.72. The number of benzene rings is 1. The maximum atomic E-state index is 11.6. The van der Waals surface area contributed by atoms with Crippen LogP contribution in [0.2, 0.25) is 0 Å². The van der Waals surface area contributed by atoms with Crippen LogP contribution in [-0.4, -0.2) is 31.4 Å². The molecule has 1 aromatic carbocycles. The number of nitrogens with zero attached hydrogens (tertiary/aromatic N) is 2. The Hall–Kier alpha value is -2.61. The number of ether oxygens (including phenoxy) is 2. The highest BCUT2D eigenvalue weighted by atomic mass is 32.1. The molecule has 3 N–H and O–H groups in total. The van der Waals surface area contributed by atoms with E-state index in [0.29, 0.717) is 27.8 Å². The third kappa shape index (κ3) is 3.93. The largest absolute Gasteiger partial charge is 0.497 e. The smallest absolute Gasteiger partial charge is 0.338 e. The summed E-state index contributed by atoms with van der Waals surface area (Å²) >= 11 is 1.34. The molecular formula is C13H14N4O3S. The van der Waals surface area contributed by atoms with E-state index in [1.165, 1.54) is 25.6 Å². The van der Waals surface area contributed by atoms with Crippen molar-refractivity contribution in [1.29, 1.82) is 0 Å². The monoisotopic (exact) mass is 306 g/mol. The van der Waals surface area contributed by atoms with Crippen LogP contribution in [0.5, 0.6) is 5.75 Å². The fourth-order valence-corrected chi connectivity index (χ4v) is 2.10. The van der Waals surface area contributed by atoms with E-state index in [1.807, 2.05) is 0 Å². The number of carbonyl (C=O) groups is 1. The summed E-state index contributed by atoms with van der Waals surface area (Å²) in [6, 6.07) is 4.99. The van der Waals surface area contributed by atoms with Gasteiger partial charge in [-0.3, -0.25) is 5.43 Å². The molecule has 0 atom stereocenters. The van der Waals surface area contributed by atoms with Gasteiger partial charge in [0, 0.05) is 5.38 Å². The van der Waals surface area contributed by atoms with E-state index in [-0.39, 0.29) is 0 Å². The summed E-state index contributed by atoms with van der Waals surface area (Å²) < 4.78 is 9.83. The van der Waals surface area contributed by atoms with Gasteiger partial charge in [0.2, 0.25) is 5.13 Å². The van der Waals surface area contributed by atoms with Gasteiger partial charge in [0.15, 0.2) is 0 Å². The number of hydrogen-bond acceptors (Lipinski definition) is 8.